The minimum Gasteiger partial charge on any atom is -0.282 e. The van der Waals surface area contributed by atoms with Crippen LogP contribution in [0.15, 0.2) is 88.7 Å². The van der Waals surface area contributed by atoms with E-state index in [1.165, 1.54) is 76.3 Å². The summed E-state index contributed by atoms with van der Waals surface area (Å²) < 4.78 is 69.5. The van der Waals surface area contributed by atoms with Crippen LogP contribution in [-0.2, 0) is 20.2 Å². The molecule has 0 saturated heterocycles. The minimum absolute atomic E-state index is 0.170. The van der Waals surface area contributed by atoms with Crippen LogP contribution in [0.2, 0.25) is 0 Å². The van der Waals surface area contributed by atoms with Crippen molar-refractivity contribution in [1.82, 2.24) is 0 Å². The van der Waals surface area contributed by atoms with Gasteiger partial charge in [-0.05, 0) is 178 Å². The maximum atomic E-state index is 12.4. The smallest absolute Gasteiger partial charge is 0.282 e. The molecule has 0 aromatic heterocycles. The molecule has 0 amide bonds. The summed E-state index contributed by atoms with van der Waals surface area (Å²) in [6, 6.07) is 21.1. The van der Waals surface area contributed by atoms with Crippen LogP contribution in [-0.4, -0.2) is 25.9 Å². The molecule has 8 heteroatoms. The Kier molecular flexibility index (Phi) is 10.9. The Hall–Kier alpha value is -3.04. The van der Waals surface area contributed by atoms with Gasteiger partial charge in [0, 0.05) is 0 Å². The van der Waals surface area contributed by atoms with E-state index >= 15 is 0 Å². The minimum atomic E-state index is -4.45. The molecular formula is C49H62O6S2. The monoisotopic (exact) mass is 810 g/mol. The van der Waals surface area contributed by atoms with E-state index in [4.69, 9.17) is 0 Å². The van der Waals surface area contributed by atoms with Gasteiger partial charge in [0.15, 0.2) is 0 Å². The van der Waals surface area contributed by atoms with Crippen LogP contribution in [0.5, 0.6) is 0 Å². The molecule has 57 heavy (non-hydrogen) atoms. The molecule has 4 saturated carbocycles. The lowest BCUT2D eigenvalue weighted by Crippen LogP contribution is -2.53. The van der Waals surface area contributed by atoms with E-state index < -0.39 is 20.2 Å². The average Bonchev–Trinajstić information content (AvgIpc) is 3.52. The molecule has 0 aliphatic heterocycles. The second-order valence-corrected chi connectivity index (χ2v) is 22.5. The predicted molar refractivity (Wildman–Crippen MR) is 231 cm³/mol. The third-order valence-corrected chi connectivity index (χ3v) is 17.9. The van der Waals surface area contributed by atoms with Crippen molar-refractivity contribution in [3.8, 4) is 0 Å². The van der Waals surface area contributed by atoms with Crippen molar-refractivity contribution in [3.05, 3.63) is 90.0 Å². The van der Waals surface area contributed by atoms with E-state index in [-0.39, 0.29) is 15.7 Å². The molecule has 0 bridgehead atoms. The molecule has 3 unspecified atom stereocenters. The normalized spacial score (nSPS) is 30.8. The lowest BCUT2D eigenvalue weighted by Gasteiger charge is -2.61. The number of hydrogen-bond acceptors (Lipinski definition) is 4. The summed E-state index contributed by atoms with van der Waals surface area (Å²) in [6.45, 7) is 12.6. The van der Waals surface area contributed by atoms with E-state index in [9.17, 15) is 25.9 Å². The molecule has 0 radical (unpaired) electrons. The quantitative estimate of drug-likeness (QED) is 0.154. The SMILES string of the molecule is CC(C)CCCC(C)[C@H]1CC[C@H]2[C@@H]3CCC4CC(C=C(c5cccc6ccc(S(=O)(=O)O)cc56)c5cccc6ccc(S(=O)(=O)O)cc56)CC[C@]4(C)[C@H]3CC[C@]12C. The van der Waals surface area contributed by atoms with Gasteiger partial charge < -0.3 is 0 Å². The van der Waals surface area contributed by atoms with Crippen LogP contribution >= 0.6 is 0 Å². The van der Waals surface area contributed by atoms with Crippen LogP contribution in [0.1, 0.15) is 123 Å². The lowest BCUT2D eigenvalue weighted by atomic mass is 9.44. The second kappa shape index (κ2) is 15.2. The molecule has 4 aromatic carbocycles. The highest BCUT2D eigenvalue weighted by Gasteiger charge is 2.60. The summed E-state index contributed by atoms with van der Waals surface area (Å²) in [5, 5.41) is 3.06. The summed E-state index contributed by atoms with van der Waals surface area (Å²) in [5.41, 5.74) is 3.32. The summed E-state index contributed by atoms with van der Waals surface area (Å²) in [4.78, 5) is -0.340. The Labute approximate surface area is 341 Å². The van der Waals surface area contributed by atoms with Gasteiger partial charge >= 0.3 is 0 Å². The van der Waals surface area contributed by atoms with Gasteiger partial charge in [-0.15, -0.1) is 0 Å². The van der Waals surface area contributed by atoms with Gasteiger partial charge in [0.2, 0.25) is 0 Å². The maximum Gasteiger partial charge on any atom is 0.294 e. The van der Waals surface area contributed by atoms with Gasteiger partial charge in [0.1, 0.15) is 0 Å². The predicted octanol–water partition coefficient (Wildman–Crippen LogP) is 12.7. The molecule has 0 heterocycles. The Balaban J connectivity index is 1.13. The van der Waals surface area contributed by atoms with E-state index in [2.05, 4.69) is 40.7 Å². The number of hydrogen-bond donors (Lipinski definition) is 2. The first-order chi connectivity index (χ1) is 27.0. The number of fused-ring (bicyclic) bond motifs is 7. The fraction of sp³-hybridized carbons (Fsp3) is 0.551. The van der Waals surface area contributed by atoms with E-state index in [0.29, 0.717) is 27.5 Å². The Bertz CT molecular complexity index is 2300. The van der Waals surface area contributed by atoms with Crippen molar-refractivity contribution < 1.29 is 25.9 Å². The molecule has 4 fully saturated rings. The second-order valence-electron chi connectivity index (χ2n) is 19.6. The number of rotatable bonds is 10. The maximum absolute atomic E-state index is 12.4. The topological polar surface area (TPSA) is 109 Å². The molecule has 6 nitrogen and oxygen atoms in total. The van der Waals surface area contributed by atoms with Gasteiger partial charge in [-0.2, -0.15) is 16.8 Å². The first-order valence-corrected chi connectivity index (χ1v) is 24.6. The standard InChI is InChI=1S/C49H62O6S2/c1-31(2)9-6-10-32(3)45-21-22-46-41-20-17-36-27-33(23-25-48(36,4)47(41)24-26-49(45,46)5)28-44(39-13-7-11-34-15-18-37(29-42(34)39)56(50,51)52)40-14-8-12-35-16-19-38(30-43(35)40)57(53,54)55/h7-8,11-16,18-19,28-33,36,41,45-47H,6,9-10,17,20-27H2,1-5H3,(H,50,51,52)(H,53,54,55)/t32?,33?,36?,41-,45+,46-,47-,48-,49+/m0/s1. The number of benzene rings is 4. The summed E-state index contributed by atoms with van der Waals surface area (Å²) in [5.74, 6) is 5.76. The third-order valence-electron chi connectivity index (χ3n) is 16.2. The molecule has 9 atom stereocenters. The Morgan fingerprint density at radius 1 is 0.702 bits per heavy atom. The van der Waals surface area contributed by atoms with Crippen LogP contribution in [0.4, 0.5) is 0 Å². The van der Waals surface area contributed by atoms with Gasteiger partial charge in [-0.1, -0.05) is 108 Å². The highest BCUT2D eigenvalue weighted by molar-refractivity contribution is 7.86. The zero-order valence-corrected chi connectivity index (χ0v) is 36.1. The summed E-state index contributed by atoms with van der Waals surface area (Å²) in [6.07, 6.45) is 17.9. The third kappa shape index (κ3) is 7.55. The van der Waals surface area contributed by atoms with Crippen molar-refractivity contribution in [1.29, 1.82) is 0 Å². The molecule has 0 spiro atoms. The Morgan fingerprint density at radius 3 is 1.86 bits per heavy atom. The molecule has 306 valence electrons. The van der Waals surface area contributed by atoms with Gasteiger partial charge in [-0.25, -0.2) is 0 Å². The highest BCUT2D eigenvalue weighted by atomic mass is 32.2. The largest absolute Gasteiger partial charge is 0.294 e. The highest BCUT2D eigenvalue weighted by Crippen LogP contribution is 2.69. The zero-order valence-electron chi connectivity index (χ0n) is 34.5. The fourth-order valence-corrected chi connectivity index (χ4v) is 14.3. The first-order valence-electron chi connectivity index (χ1n) is 21.7. The van der Waals surface area contributed by atoms with Crippen LogP contribution in [0.25, 0.3) is 27.1 Å². The molecular weight excluding hydrogens is 749 g/mol. The van der Waals surface area contributed by atoms with Gasteiger partial charge in [0.25, 0.3) is 20.2 Å². The van der Waals surface area contributed by atoms with E-state index in [1.54, 1.807) is 24.3 Å². The van der Waals surface area contributed by atoms with Crippen molar-refractivity contribution in [2.24, 2.45) is 58.2 Å². The molecule has 4 aromatic rings. The van der Waals surface area contributed by atoms with Crippen molar-refractivity contribution in [2.45, 2.75) is 121 Å². The van der Waals surface area contributed by atoms with Crippen molar-refractivity contribution >= 4 is 47.4 Å². The average molecular weight is 811 g/mol. The van der Waals surface area contributed by atoms with Gasteiger partial charge in [0.05, 0.1) is 9.79 Å². The molecule has 8 rings (SSSR count). The van der Waals surface area contributed by atoms with Gasteiger partial charge in [-0.3, -0.25) is 9.11 Å². The van der Waals surface area contributed by atoms with Crippen molar-refractivity contribution in [3.63, 3.8) is 0 Å². The summed E-state index contributed by atoms with van der Waals surface area (Å²) in [7, 11) is -8.91. The zero-order chi connectivity index (χ0) is 40.5. The number of allylic oxidation sites excluding steroid dienone is 1. The van der Waals surface area contributed by atoms with Crippen LogP contribution in [0, 0.1) is 58.2 Å². The first kappa shape index (κ1) is 40.7. The Morgan fingerprint density at radius 2 is 1.28 bits per heavy atom. The van der Waals surface area contributed by atoms with Crippen molar-refractivity contribution in [2.75, 3.05) is 0 Å². The molecule has 4 aliphatic carbocycles. The molecule has 4 aliphatic rings. The van der Waals surface area contributed by atoms with Crippen LogP contribution in [0.3, 0.4) is 0 Å². The van der Waals surface area contributed by atoms with E-state index in [1.807, 2.05) is 36.4 Å². The molecule has 2 N–H and O–H groups in total. The lowest BCUT2D eigenvalue weighted by molar-refractivity contribution is -0.118. The summed E-state index contributed by atoms with van der Waals surface area (Å²) >= 11 is 0. The van der Waals surface area contributed by atoms with E-state index in [0.717, 1.165) is 75.8 Å². The van der Waals surface area contributed by atoms with Crippen LogP contribution < -0.4 is 0 Å². The fourth-order valence-electron chi connectivity index (χ4n) is 13.3.